The number of aliphatic hydroxyl groups is 2. The molecule has 2 unspecified atom stereocenters. The molecule has 0 aliphatic rings. The van der Waals surface area contributed by atoms with Crippen LogP contribution in [0.25, 0.3) is 16.9 Å². The van der Waals surface area contributed by atoms with Gasteiger partial charge in [-0.3, -0.25) is 9.13 Å². The third-order valence-electron chi connectivity index (χ3n) is 5.36. The Morgan fingerprint density at radius 2 is 1.75 bits per heavy atom. The van der Waals surface area contributed by atoms with Gasteiger partial charge in [0.2, 0.25) is 0 Å². The van der Waals surface area contributed by atoms with Gasteiger partial charge in [-0.25, -0.2) is 18.9 Å². The van der Waals surface area contributed by atoms with Crippen molar-refractivity contribution in [3.05, 3.63) is 87.7 Å². The molecule has 2 heterocycles. The molecule has 36 heavy (non-hydrogen) atoms. The maximum atomic E-state index is 14.4. The number of benzene rings is 2. The summed E-state index contributed by atoms with van der Waals surface area (Å²) in [5, 5.41) is 24.3. The maximum Gasteiger partial charge on any atom is 0.416 e. The second-order valence-electron chi connectivity index (χ2n) is 8.03. The van der Waals surface area contributed by atoms with E-state index in [-0.39, 0.29) is 29.6 Å². The van der Waals surface area contributed by atoms with Gasteiger partial charge in [0.15, 0.2) is 17.8 Å². The Kier molecular flexibility index (Phi) is 7.03. The average molecular weight is 526 g/mol. The molecule has 2 aromatic carbocycles. The Morgan fingerprint density at radius 1 is 1.08 bits per heavy atom. The Bertz CT molecular complexity index is 1430. The number of aliphatic hydroxyl groups excluding tert-OH is 2. The second-order valence-corrected chi connectivity index (χ2v) is 8.46. The molecule has 0 spiro atoms. The van der Waals surface area contributed by atoms with Crippen molar-refractivity contribution in [3.8, 4) is 16.9 Å². The highest BCUT2D eigenvalue weighted by atomic mass is 35.5. The molecule has 2 aromatic heterocycles. The van der Waals surface area contributed by atoms with E-state index in [4.69, 9.17) is 11.6 Å². The normalized spacial score (nSPS) is 13.7. The van der Waals surface area contributed by atoms with Crippen LogP contribution in [0.5, 0.6) is 0 Å². The molecular weight excluding hydrogens is 506 g/mol. The average Bonchev–Trinajstić information content (AvgIpc) is 3.36. The number of nitrogens with zero attached hydrogens (tertiary/aromatic N) is 5. The van der Waals surface area contributed by atoms with Crippen LogP contribution in [0.4, 0.5) is 17.6 Å². The summed E-state index contributed by atoms with van der Waals surface area (Å²) in [6.45, 7) is 0.0734. The molecule has 0 amide bonds. The quantitative estimate of drug-likeness (QED) is 0.358. The van der Waals surface area contributed by atoms with Gasteiger partial charge in [0.1, 0.15) is 17.6 Å². The minimum absolute atomic E-state index is 0.00688. The van der Waals surface area contributed by atoms with Crippen molar-refractivity contribution in [2.45, 2.75) is 38.4 Å². The summed E-state index contributed by atoms with van der Waals surface area (Å²) in [5.41, 5.74) is -0.347. The summed E-state index contributed by atoms with van der Waals surface area (Å²) in [5.74, 6) is -0.606. The number of rotatable bonds is 7. The molecular formula is C23H20ClF4N5O3. The molecule has 13 heteroatoms. The molecule has 4 aromatic rings. The van der Waals surface area contributed by atoms with E-state index in [1.165, 1.54) is 55.6 Å². The van der Waals surface area contributed by atoms with E-state index in [1.807, 2.05) is 0 Å². The van der Waals surface area contributed by atoms with Crippen LogP contribution in [0, 0.1) is 5.82 Å². The highest BCUT2D eigenvalue weighted by Gasteiger charge is 2.39. The van der Waals surface area contributed by atoms with Gasteiger partial charge in [-0.05, 0) is 36.8 Å². The molecule has 190 valence electrons. The van der Waals surface area contributed by atoms with E-state index in [9.17, 15) is 32.6 Å². The van der Waals surface area contributed by atoms with Gasteiger partial charge < -0.3 is 10.2 Å². The lowest BCUT2D eigenvalue weighted by molar-refractivity contribution is -0.207. The van der Waals surface area contributed by atoms with E-state index in [1.54, 1.807) is 6.07 Å². The first-order valence-electron chi connectivity index (χ1n) is 10.6. The minimum atomic E-state index is -4.94. The highest BCUT2D eigenvalue weighted by Crippen LogP contribution is 2.25. The molecule has 0 saturated heterocycles. The topological polar surface area (TPSA) is 98.1 Å². The van der Waals surface area contributed by atoms with Crippen molar-refractivity contribution in [3.63, 3.8) is 0 Å². The predicted octanol–water partition coefficient (Wildman–Crippen LogP) is 3.71. The first kappa shape index (κ1) is 25.6. The van der Waals surface area contributed by atoms with E-state index in [2.05, 4.69) is 10.1 Å². The minimum Gasteiger partial charge on any atom is -0.385 e. The zero-order chi connectivity index (χ0) is 26.2. The Hall–Kier alpha value is -3.48. The van der Waals surface area contributed by atoms with Crippen molar-refractivity contribution in [2.75, 3.05) is 0 Å². The third kappa shape index (κ3) is 5.20. The van der Waals surface area contributed by atoms with Gasteiger partial charge in [-0.15, -0.1) is 5.10 Å². The molecule has 8 nitrogen and oxygen atoms in total. The smallest absolute Gasteiger partial charge is 0.385 e. The zero-order valence-electron chi connectivity index (χ0n) is 18.7. The number of aromatic nitrogens is 5. The summed E-state index contributed by atoms with van der Waals surface area (Å²) < 4.78 is 56.5. The van der Waals surface area contributed by atoms with Gasteiger partial charge in [0.05, 0.1) is 18.8 Å². The fourth-order valence-electron chi connectivity index (χ4n) is 3.61. The van der Waals surface area contributed by atoms with Crippen molar-refractivity contribution in [2.24, 2.45) is 0 Å². The van der Waals surface area contributed by atoms with E-state index >= 15 is 0 Å². The van der Waals surface area contributed by atoms with E-state index in [0.717, 1.165) is 13.8 Å². The number of hydrogen-bond acceptors (Lipinski definition) is 5. The second kappa shape index (κ2) is 9.88. The van der Waals surface area contributed by atoms with Crippen molar-refractivity contribution in [1.29, 1.82) is 0 Å². The lowest BCUT2D eigenvalue weighted by Crippen LogP contribution is -2.37. The molecule has 4 rings (SSSR count). The molecule has 0 fully saturated rings. The zero-order valence-corrected chi connectivity index (χ0v) is 19.4. The highest BCUT2D eigenvalue weighted by molar-refractivity contribution is 6.30. The van der Waals surface area contributed by atoms with Crippen molar-refractivity contribution >= 4 is 11.6 Å². The summed E-state index contributed by atoms with van der Waals surface area (Å²) in [6, 6.07) is 11.8. The van der Waals surface area contributed by atoms with Gasteiger partial charge >= 0.3 is 11.9 Å². The van der Waals surface area contributed by atoms with Gasteiger partial charge in [-0.2, -0.15) is 13.2 Å². The Balaban J connectivity index is 1.78. The number of hydrogen-bond donors (Lipinski definition) is 2. The van der Waals surface area contributed by atoms with Gasteiger partial charge in [0, 0.05) is 11.2 Å². The van der Waals surface area contributed by atoms with Gasteiger partial charge in [-0.1, -0.05) is 35.9 Å². The predicted molar refractivity (Wildman–Crippen MR) is 122 cm³/mol. The molecule has 2 atom stereocenters. The van der Waals surface area contributed by atoms with Crippen molar-refractivity contribution in [1.82, 2.24) is 23.9 Å². The van der Waals surface area contributed by atoms with Crippen LogP contribution in [-0.2, 0) is 13.1 Å². The van der Waals surface area contributed by atoms with Crippen LogP contribution in [0.3, 0.4) is 0 Å². The molecule has 0 bridgehead atoms. The first-order valence-corrected chi connectivity index (χ1v) is 11.0. The molecule has 0 aliphatic carbocycles. The first-order chi connectivity index (χ1) is 17.0. The number of halogens is 5. The summed E-state index contributed by atoms with van der Waals surface area (Å²) >= 11 is 5.90. The number of alkyl halides is 3. The fraction of sp³-hybridized carbons (Fsp3) is 0.261. The molecule has 0 saturated carbocycles. The summed E-state index contributed by atoms with van der Waals surface area (Å²) in [7, 11) is 0. The van der Waals surface area contributed by atoms with E-state index in [0.29, 0.717) is 10.6 Å². The van der Waals surface area contributed by atoms with Crippen LogP contribution in [0.1, 0.15) is 24.7 Å². The van der Waals surface area contributed by atoms with Crippen LogP contribution < -0.4 is 5.69 Å². The maximum absolute atomic E-state index is 14.4. The Labute approximate surface area is 206 Å². The molecule has 0 radical (unpaired) electrons. The van der Waals surface area contributed by atoms with Gasteiger partial charge in [0.25, 0.3) is 0 Å². The monoisotopic (exact) mass is 525 g/mol. The van der Waals surface area contributed by atoms with Crippen LogP contribution >= 0.6 is 11.6 Å². The number of imidazole rings is 1. The summed E-state index contributed by atoms with van der Waals surface area (Å²) in [6.07, 6.45) is -7.55. The fourth-order valence-corrected chi connectivity index (χ4v) is 3.73. The SMILES string of the molecule is CC(O)c1nc(Cn2cc(-c3ccc(Cl)cc3)n(CC(O)C(F)(F)F)c2=O)nn1-c1ccccc1F. The standard InChI is InChI=1S/C23H20ClF4N5O3/c1-13(34)21-29-20(30-33(21)17-5-3-2-4-16(17)25)12-31-10-18(14-6-8-15(24)9-7-14)32(22(31)36)11-19(35)23(26,27)28/h2-10,13,19,34-35H,11-12H2,1H3. The van der Waals surface area contributed by atoms with Crippen molar-refractivity contribution < 1.29 is 27.8 Å². The number of para-hydroxylation sites is 1. The van der Waals surface area contributed by atoms with Crippen LogP contribution in [-0.4, -0.2) is 46.4 Å². The largest absolute Gasteiger partial charge is 0.416 e. The van der Waals surface area contributed by atoms with Crippen LogP contribution in [0.15, 0.2) is 59.5 Å². The molecule has 2 N–H and O–H groups in total. The summed E-state index contributed by atoms with van der Waals surface area (Å²) in [4.78, 5) is 17.3. The molecule has 0 aliphatic heterocycles. The van der Waals surface area contributed by atoms with Crippen LogP contribution in [0.2, 0.25) is 5.02 Å². The lowest BCUT2D eigenvalue weighted by Gasteiger charge is -2.16. The third-order valence-corrected chi connectivity index (χ3v) is 5.61. The lowest BCUT2D eigenvalue weighted by atomic mass is 10.1. The van der Waals surface area contributed by atoms with E-state index < -0.39 is 36.4 Å². The Morgan fingerprint density at radius 3 is 2.36 bits per heavy atom.